The van der Waals surface area contributed by atoms with Crippen molar-refractivity contribution in [2.24, 2.45) is 16.1 Å². The number of aliphatic hydroxyl groups is 1. The number of carbonyl (C=O) groups is 2. The molecule has 0 saturated heterocycles. The van der Waals surface area contributed by atoms with Gasteiger partial charge in [0.2, 0.25) is 23.5 Å². The number of hydrogen-bond donors (Lipinski definition) is 1. The van der Waals surface area contributed by atoms with Crippen LogP contribution in [0.25, 0.3) is 11.0 Å². The van der Waals surface area contributed by atoms with Gasteiger partial charge in [0.1, 0.15) is 5.92 Å². The van der Waals surface area contributed by atoms with E-state index in [0.717, 1.165) is 23.9 Å². The smallest absolute Gasteiger partial charge is 0.250 e. The summed E-state index contributed by atoms with van der Waals surface area (Å²) < 4.78 is 1.92. The minimum Gasteiger partial charge on any atom is -0.493 e. The molecule has 1 unspecified atom stereocenters. The number of fused-ring (bicyclic) bond motifs is 1. The second kappa shape index (κ2) is 8.55. The molecule has 8 nitrogen and oxygen atoms in total. The number of Topliss-reactive ketones (excluding diaryl/α,β-unsaturated/α-hetero) is 1. The van der Waals surface area contributed by atoms with E-state index in [1.165, 1.54) is 17.4 Å². The van der Waals surface area contributed by atoms with Crippen molar-refractivity contribution < 1.29 is 14.7 Å². The van der Waals surface area contributed by atoms with E-state index >= 15 is 0 Å². The van der Waals surface area contributed by atoms with Crippen molar-refractivity contribution in [2.75, 3.05) is 6.54 Å². The van der Waals surface area contributed by atoms with Gasteiger partial charge in [-0.25, -0.2) is 4.98 Å². The fraction of sp³-hybridized carbons (Fsp3) is 0.476. The lowest BCUT2D eigenvalue weighted by Crippen LogP contribution is -2.43. The van der Waals surface area contributed by atoms with Crippen molar-refractivity contribution >= 4 is 28.7 Å². The second-order valence-electron chi connectivity index (χ2n) is 7.18. The third-order valence-electron chi connectivity index (χ3n) is 5.06. The summed E-state index contributed by atoms with van der Waals surface area (Å²) in [6.45, 7) is 8.48. The summed E-state index contributed by atoms with van der Waals surface area (Å²) >= 11 is 0. The van der Waals surface area contributed by atoms with E-state index in [1.54, 1.807) is 0 Å². The number of azo groups is 1. The average molecular weight is 397 g/mol. The molecule has 0 radical (unpaired) electrons. The molecule has 1 aromatic heterocycles. The first-order valence-electron chi connectivity index (χ1n) is 10.1. The van der Waals surface area contributed by atoms with Gasteiger partial charge < -0.3 is 9.67 Å². The van der Waals surface area contributed by atoms with Crippen LogP contribution in [0.4, 0.5) is 5.95 Å². The number of aromatic nitrogens is 2. The van der Waals surface area contributed by atoms with Crippen LogP contribution in [0.15, 0.2) is 40.0 Å². The molecule has 1 aliphatic heterocycles. The lowest BCUT2D eigenvalue weighted by Gasteiger charge is -2.28. The van der Waals surface area contributed by atoms with Crippen LogP contribution in [0.1, 0.15) is 46.1 Å². The van der Waals surface area contributed by atoms with Crippen molar-refractivity contribution in [2.45, 2.75) is 53.5 Å². The van der Waals surface area contributed by atoms with Crippen LogP contribution in [-0.2, 0) is 22.6 Å². The highest BCUT2D eigenvalue weighted by molar-refractivity contribution is 6.12. The molecule has 1 atom stereocenters. The normalized spacial score (nSPS) is 17.9. The number of aliphatic hydroxyl groups excluding tert-OH is 1. The second-order valence-corrected chi connectivity index (χ2v) is 7.18. The third kappa shape index (κ3) is 3.79. The molecule has 0 saturated carbocycles. The molecule has 2 aromatic rings. The molecule has 1 aliphatic rings. The van der Waals surface area contributed by atoms with E-state index in [9.17, 15) is 14.7 Å². The highest BCUT2D eigenvalue weighted by Crippen LogP contribution is 2.28. The number of nitrogens with zero attached hydrogens (tertiary/aromatic N) is 5. The number of imidazole rings is 1. The zero-order valence-electron chi connectivity index (χ0n) is 17.3. The summed E-state index contributed by atoms with van der Waals surface area (Å²) in [4.78, 5) is 30.5. The number of ketones is 1. The number of amides is 1. The Kier molecular flexibility index (Phi) is 6.10. The minimum atomic E-state index is -0.895. The average Bonchev–Trinajstić information content (AvgIpc) is 3.06. The summed E-state index contributed by atoms with van der Waals surface area (Å²) in [6.07, 6.45) is 2.68. The summed E-state index contributed by atoms with van der Waals surface area (Å²) in [6, 6.07) is 6.10. The molecular formula is C21H27N5O3. The van der Waals surface area contributed by atoms with E-state index in [0.29, 0.717) is 25.5 Å². The molecule has 1 N–H and O–H groups in total. The Morgan fingerprint density at radius 1 is 1.14 bits per heavy atom. The lowest BCUT2D eigenvalue weighted by molar-refractivity contribution is -0.141. The molecule has 0 bridgehead atoms. The van der Waals surface area contributed by atoms with Gasteiger partial charge in [0.15, 0.2) is 5.70 Å². The first kappa shape index (κ1) is 20.7. The molecule has 1 aromatic carbocycles. The van der Waals surface area contributed by atoms with E-state index in [1.807, 2.05) is 24.5 Å². The van der Waals surface area contributed by atoms with Crippen molar-refractivity contribution in [1.82, 2.24) is 14.5 Å². The van der Waals surface area contributed by atoms with Gasteiger partial charge in [0.05, 0.1) is 11.0 Å². The first-order chi connectivity index (χ1) is 13.9. The zero-order chi connectivity index (χ0) is 21.1. The van der Waals surface area contributed by atoms with Crippen molar-refractivity contribution in [3.05, 3.63) is 35.3 Å². The quantitative estimate of drug-likeness (QED) is 0.557. The Morgan fingerprint density at radius 3 is 2.55 bits per heavy atom. The predicted octanol–water partition coefficient (Wildman–Crippen LogP) is 4.28. The maximum atomic E-state index is 12.5. The SMILES string of the molecule is CCCc1ccc2nc(N=NC3=C(O)N(CCC)C(=O)C(C)C3=O)n(CC)c2c1. The van der Waals surface area contributed by atoms with Crippen LogP contribution in [0.2, 0.25) is 0 Å². The first-order valence-corrected chi connectivity index (χ1v) is 10.1. The minimum absolute atomic E-state index is 0.202. The van der Waals surface area contributed by atoms with E-state index in [-0.39, 0.29) is 5.70 Å². The highest BCUT2D eigenvalue weighted by atomic mass is 16.3. The van der Waals surface area contributed by atoms with Gasteiger partial charge in [-0.1, -0.05) is 26.3 Å². The van der Waals surface area contributed by atoms with Gasteiger partial charge in [0, 0.05) is 13.1 Å². The number of carbonyl (C=O) groups excluding carboxylic acids is 2. The number of allylic oxidation sites excluding steroid dienone is 1. The Labute approximate surface area is 169 Å². The molecule has 2 heterocycles. The molecule has 0 aliphatic carbocycles. The van der Waals surface area contributed by atoms with Crippen LogP contribution in [0, 0.1) is 5.92 Å². The van der Waals surface area contributed by atoms with Crippen LogP contribution in [-0.4, -0.2) is 37.8 Å². The number of rotatable bonds is 7. The van der Waals surface area contributed by atoms with E-state index < -0.39 is 23.5 Å². The Balaban J connectivity index is 2.02. The zero-order valence-corrected chi connectivity index (χ0v) is 17.3. The Bertz CT molecular complexity index is 1010. The van der Waals surface area contributed by atoms with Gasteiger partial charge in [-0.2, -0.15) is 0 Å². The number of benzene rings is 1. The van der Waals surface area contributed by atoms with Crippen molar-refractivity contribution in [3.8, 4) is 0 Å². The monoisotopic (exact) mass is 397 g/mol. The van der Waals surface area contributed by atoms with E-state index in [2.05, 4.69) is 34.3 Å². The summed E-state index contributed by atoms with van der Waals surface area (Å²) in [5.41, 5.74) is 2.78. The van der Waals surface area contributed by atoms with Crippen molar-refractivity contribution in [3.63, 3.8) is 0 Å². The van der Waals surface area contributed by atoms with Crippen LogP contribution < -0.4 is 0 Å². The number of hydrogen-bond acceptors (Lipinski definition) is 6. The molecule has 154 valence electrons. The van der Waals surface area contributed by atoms with Gasteiger partial charge in [-0.05, 0) is 44.4 Å². The van der Waals surface area contributed by atoms with Gasteiger partial charge in [0.25, 0.3) is 0 Å². The largest absolute Gasteiger partial charge is 0.493 e. The summed E-state index contributed by atoms with van der Waals surface area (Å²) in [5.74, 6) is -1.93. The van der Waals surface area contributed by atoms with Crippen LogP contribution in [0.3, 0.4) is 0 Å². The van der Waals surface area contributed by atoms with E-state index in [4.69, 9.17) is 0 Å². The molecule has 1 amide bonds. The maximum absolute atomic E-state index is 12.5. The predicted molar refractivity (Wildman–Crippen MR) is 110 cm³/mol. The highest BCUT2D eigenvalue weighted by Gasteiger charge is 2.39. The lowest BCUT2D eigenvalue weighted by atomic mass is 9.98. The standard InChI is InChI=1S/C21H27N5O3/c1-5-8-14-9-10-15-16(12-14)25(7-3)21(22-15)24-23-17-18(27)13(4)19(28)26(11-6-2)20(17)29/h9-10,12-13,29H,5-8,11H2,1-4H3. The molecule has 0 fully saturated rings. The van der Waals surface area contributed by atoms with Gasteiger partial charge >= 0.3 is 0 Å². The maximum Gasteiger partial charge on any atom is 0.250 e. The molecule has 0 spiro atoms. The summed E-state index contributed by atoms with van der Waals surface area (Å²) in [7, 11) is 0. The topological polar surface area (TPSA) is 100 Å². The molecule has 8 heteroatoms. The fourth-order valence-corrected chi connectivity index (χ4v) is 3.51. The molecule has 29 heavy (non-hydrogen) atoms. The fourth-order valence-electron chi connectivity index (χ4n) is 3.51. The summed E-state index contributed by atoms with van der Waals surface area (Å²) in [5, 5.41) is 18.6. The van der Waals surface area contributed by atoms with Gasteiger partial charge in [-0.15, -0.1) is 10.2 Å². The number of aryl methyl sites for hydroxylation is 2. The molecule has 3 rings (SSSR count). The Morgan fingerprint density at radius 2 is 1.90 bits per heavy atom. The molecular weight excluding hydrogens is 370 g/mol. The Hall–Kier alpha value is -3.03. The van der Waals surface area contributed by atoms with Crippen LogP contribution >= 0.6 is 0 Å². The van der Waals surface area contributed by atoms with Crippen LogP contribution in [0.5, 0.6) is 0 Å². The third-order valence-corrected chi connectivity index (χ3v) is 5.06. The van der Waals surface area contributed by atoms with Gasteiger partial charge in [-0.3, -0.25) is 14.5 Å². The van der Waals surface area contributed by atoms with Crippen molar-refractivity contribution in [1.29, 1.82) is 0 Å².